The van der Waals surface area contributed by atoms with Crippen LogP contribution in [0.5, 0.6) is 0 Å². The van der Waals surface area contributed by atoms with Crippen molar-refractivity contribution in [3.63, 3.8) is 0 Å². The number of fused-ring (bicyclic) bond motifs is 3. The van der Waals surface area contributed by atoms with Gasteiger partial charge < -0.3 is 15.2 Å². The molecule has 7 heteroatoms. The van der Waals surface area contributed by atoms with Crippen LogP contribution in [-0.2, 0) is 6.42 Å². The van der Waals surface area contributed by atoms with Gasteiger partial charge in [0, 0.05) is 34.7 Å². The molecule has 2 atom stereocenters. The average molecular weight is 409 g/mol. The van der Waals surface area contributed by atoms with Crippen LogP contribution < -0.4 is 0 Å². The predicted octanol–water partition coefficient (Wildman–Crippen LogP) is 4.24. The van der Waals surface area contributed by atoms with Crippen molar-refractivity contribution in [1.29, 1.82) is 0 Å². The first-order valence-electron chi connectivity index (χ1n) is 8.76. The molecule has 0 radical (unpaired) electrons. The Hall–Kier alpha value is -1.63. The van der Waals surface area contributed by atoms with E-state index in [1.54, 1.807) is 0 Å². The summed E-state index contributed by atoms with van der Waals surface area (Å²) in [5, 5.41) is 22.3. The molecule has 2 aromatic carbocycles. The van der Waals surface area contributed by atoms with Crippen LogP contribution >= 0.6 is 23.2 Å². The minimum absolute atomic E-state index is 0.0151. The number of hydrogen-bond donors (Lipinski definition) is 3. The van der Waals surface area contributed by atoms with Crippen molar-refractivity contribution in [3.05, 3.63) is 69.1 Å². The van der Waals surface area contributed by atoms with Crippen LogP contribution in [0, 0.1) is 5.82 Å². The molecule has 142 valence electrons. The smallest absolute Gasteiger partial charge is 0.141 e. The molecular weight excluding hydrogens is 390 g/mol. The Kier molecular flexibility index (Phi) is 5.14. The molecule has 2 heterocycles. The third-order valence-electron chi connectivity index (χ3n) is 5.23. The van der Waals surface area contributed by atoms with Crippen LogP contribution in [0.2, 0.25) is 10.0 Å². The van der Waals surface area contributed by atoms with Gasteiger partial charge in [0.15, 0.2) is 0 Å². The third kappa shape index (κ3) is 3.46. The highest BCUT2D eigenvalue weighted by atomic mass is 35.5. The lowest BCUT2D eigenvalue weighted by atomic mass is 9.96. The molecule has 0 fully saturated rings. The first-order chi connectivity index (χ1) is 13.0. The summed E-state index contributed by atoms with van der Waals surface area (Å²) in [6, 6.07) is 9.66. The van der Waals surface area contributed by atoms with E-state index in [1.807, 2.05) is 23.1 Å². The second-order valence-electron chi connectivity index (χ2n) is 6.84. The van der Waals surface area contributed by atoms with Gasteiger partial charge in [-0.15, -0.1) is 0 Å². The van der Waals surface area contributed by atoms with Gasteiger partial charge in [-0.25, -0.2) is 4.39 Å². The normalized spacial score (nSPS) is 18.6. The highest BCUT2D eigenvalue weighted by Crippen LogP contribution is 2.36. The van der Waals surface area contributed by atoms with Gasteiger partial charge in [0.2, 0.25) is 0 Å². The lowest BCUT2D eigenvalue weighted by Gasteiger charge is -2.36. The Morgan fingerprint density at radius 1 is 1.22 bits per heavy atom. The summed E-state index contributed by atoms with van der Waals surface area (Å²) >= 11 is 12.0. The Morgan fingerprint density at radius 3 is 2.78 bits per heavy atom. The number of nitrogens with one attached hydrogen (secondary N) is 1. The first kappa shape index (κ1) is 18.7. The summed E-state index contributed by atoms with van der Waals surface area (Å²) < 4.78 is 13.4. The van der Waals surface area contributed by atoms with Crippen molar-refractivity contribution in [2.24, 2.45) is 0 Å². The van der Waals surface area contributed by atoms with Crippen LogP contribution in [0.15, 0.2) is 36.4 Å². The van der Waals surface area contributed by atoms with E-state index in [1.165, 1.54) is 18.2 Å². The molecular formula is C20H19Cl2FN2O2. The number of benzene rings is 2. The summed E-state index contributed by atoms with van der Waals surface area (Å²) in [5.74, 6) is -0.514. The monoisotopic (exact) mass is 408 g/mol. The fourth-order valence-electron chi connectivity index (χ4n) is 3.86. The number of halogens is 3. The van der Waals surface area contributed by atoms with E-state index >= 15 is 0 Å². The van der Waals surface area contributed by atoms with E-state index in [-0.39, 0.29) is 17.7 Å². The first-order valence-corrected chi connectivity index (χ1v) is 9.51. The predicted molar refractivity (Wildman–Crippen MR) is 105 cm³/mol. The molecule has 3 N–H and O–H groups in total. The Balaban J connectivity index is 1.61. The van der Waals surface area contributed by atoms with Gasteiger partial charge in [-0.1, -0.05) is 29.3 Å². The van der Waals surface area contributed by atoms with Crippen LogP contribution in [0.25, 0.3) is 10.9 Å². The second-order valence-corrected chi connectivity index (χ2v) is 7.68. The number of hydrogen-bond acceptors (Lipinski definition) is 3. The Morgan fingerprint density at radius 2 is 2.04 bits per heavy atom. The molecule has 0 spiro atoms. The maximum atomic E-state index is 13.4. The van der Waals surface area contributed by atoms with Gasteiger partial charge in [-0.2, -0.15) is 0 Å². The molecule has 1 aliphatic heterocycles. The molecule has 27 heavy (non-hydrogen) atoms. The summed E-state index contributed by atoms with van der Waals surface area (Å²) in [4.78, 5) is 5.42. The quantitative estimate of drug-likeness (QED) is 0.604. The number of β-amino-alcohol motifs (C(OH)–C–C–N with tert-alkyl or cyclic N) is 1. The SMILES string of the molecule is OCC1c2[nH]c3ccc(Cl)cc3c2CCN1CC(O)c1ccc(F)c(Cl)c1. The van der Waals surface area contributed by atoms with Crippen molar-refractivity contribution in [2.45, 2.75) is 18.6 Å². The molecule has 0 amide bonds. The average Bonchev–Trinajstić information content (AvgIpc) is 3.01. The third-order valence-corrected chi connectivity index (χ3v) is 5.76. The lowest BCUT2D eigenvalue weighted by molar-refractivity contribution is 0.0548. The molecule has 4 rings (SSSR count). The molecule has 3 aromatic rings. The van der Waals surface area contributed by atoms with Crippen molar-refractivity contribution >= 4 is 34.1 Å². The van der Waals surface area contributed by atoms with Gasteiger partial charge in [0.1, 0.15) is 5.82 Å². The number of nitrogens with zero attached hydrogens (tertiary/aromatic N) is 1. The Labute approximate surface area is 166 Å². The van der Waals surface area contributed by atoms with Gasteiger partial charge in [0.05, 0.1) is 23.8 Å². The summed E-state index contributed by atoms with van der Waals surface area (Å²) in [6.07, 6.45) is -0.0548. The zero-order chi connectivity index (χ0) is 19.1. The largest absolute Gasteiger partial charge is 0.394 e. The van der Waals surface area contributed by atoms with Crippen molar-refractivity contribution in [1.82, 2.24) is 9.88 Å². The number of H-pyrrole nitrogens is 1. The molecule has 1 aliphatic rings. The number of aliphatic hydroxyl groups excluding tert-OH is 2. The summed E-state index contributed by atoms with van der Waals surface area (Å²) in [6.45, 7) is 0.914. The highest BCUT2D eigenvalue weighted by molar-refractivity contribution is 6.31. The molecule has 0 saturated heterocycles. The van der Waals surface area contributed by atoms with Crippen LogP contribution in [0.3, 0.4) is 0 Å². The highest BCUT2D eigenvalue weighted by Gasteiger charge is 2.31. The number of rotatable bonds is 4. The van der Waals surface area contributed by atoms with Crippen LogP contribution in [0.4, 0.5) is 4.39 Å². The topological polar surface area (TPSA) is 59.5 Å². The summed E-state index contributed by atoms with van der Waals surface area (Å²) in [5.41, 5.74) is 3.63. The fourth-order valence-corrected chi connectivity index (χ4v) is 4.22. The van der Waals surface area contributed by atoms with E-state index in [2.05, 4.69) is 4.98 Å². The standard InChI is InChI=1S/C20H19Cl2FN2O2/c21-12-2-4-17-14(8-12)13-5-6-25(18(10-26)20(13)24-17)9-19(27)11-1-3-16(23)15(22)7-11/h1-4,7-8,18-19,24,26-27H,5-6,9-10H2. The summed E-state index contributed by atoms with van der Waals surface area (Å²) in [7, 11) is 0. The molecule has 1 aromatic heterocycles. The number of aromatic amines is 1. The zero-order valence-corrected chi connectivity index (χ0v) is 15.9. The molecule has 0 bridgehead atoms. The molecule has 0 saturated carbocycles. The fraction of sp³-hybridized carbons (Fsp3) is 0.300. The van der Waals surface area contributed by atoms with Crippen LogP contribution in [0.1, 0.15) is 29.0 Å². The van der Waals surface area contributed by atoms with Gasteiger partial charge in [-0.05, 0) is 47.9 Å². The van der Waals surface area contributed by atoms with Crippen molar-refractivity contribution in [3.8, 4) is 0 Å². The van der Waals surface area contributed by atoms with Crippen molar-refractivity contribution in [2.75, 3.05) is 19.7 Å². The maximum absolute atomic E-state index is 13.4. The Bertz CT molecular complexity index is 992. The van der Waals surface area contributed by atoms with E-state index in [0.29, 0.717) is 23.7 Å². The van der Waals surface area contributed by atoms with E-state index in [0.717, 1.165) is 28.6 Å². The second kappa shape index (κ2) is 7.41. The minimum Gasteiger partial charge on any atom is -0.394 e. The minimum atomic E-state index is -0.836. The zero-order valence-electron chi connectivity index (χ0n) is 14.4. The van der Waals surface area contributed by atoms with E-state index in [9.17, 15) is 14.6 Å². The van der Waals surface area contributed by atoms with Crippen molar-refractivity contribution < 1.29 is 14.6 Å². The maximum Gasteiger partial charge on any atom is 0.141 e. The lowest BCUT2D eigenvalue weighted by Crippen LogP contribution is -2.39. The van der Waals surface area contributed by atoms with E-state index in [4.69, 9.17) is 23.2 Å². The van der Waals surface area contributed by atoms with Gasteiger partial charge in [-0.3, -0.25) is 4.90 Å². The van der Waals surface area contributed by atoms with Crippen LogP contribution in [-0.4, -0.2) is 39.8 Å². The van der Waals surface area contributed by atoms with E-state index < -0.39 is 11.9 Å². The van der Waals surface area contributed by atoms with Gasteiger partial charge in [0.25, 0.3) is 0 Å². The molecule has 4 nitrogen and oxygen atoms in total. The number of aliphatic hydroxyl groups is 2. The number of aromatic nitrogens is 1. The molecule has 2 unspecified atom stereocenters. The molecule has 0 aliphatic carbocycles. The van der Waals surface area contributed by atoms with Gasteiger partial charge >= 0.3 is 0 Å².